The quantitative estimate of drug-likeness (QED) is 0.622. The van der Waals surface area contributed by atoms with Gasteiger partial charge in [0.05, 0.1) is 0 Å². The average molecular weight is 381 g/mol. The van der Waals surface area contributed by atoms with Gasteiger partial charge in [0.15, 0.2) is 5.96 Å². The number of hydrogen-bond acceptors (Lipinski definition) is 2. The Hall–Kier alpha value is -1.56. The number of benzene rings is 1. The molecule has 0 aliphatic carbocycles. The molecule has 0 bridgehead atoms. The van der Waals surface area contributed by atoms with Crippen LogP contribution < -0.4 is 10.6 Å². The van der Waals surface area contributed by atoms with Crippen LogP contribution in [0.15, 0.2) is 27.7 Å². The molecule has 1 aromatic carbocycles. The number of carbonyl (C=O) groups excluding carboxylic acids is 1. The minimum absolute atomic E-state index is 0.225. The van der Waals surface area contributed by atoms with Crippen molar-refractivity contribution >= 4 is 27.8 Å². The van der Waals surface area contributed by atoms with Crippen molar-refractivity contribution in [1.82, 2.24) is 15.5 Å². The Kier molecular flexibility index (Phi) is 6.45. The zero-order valence-electron chi connectivity index (χ0n) is 14.0. The van der Waals surface area contributed by atoms with Crippen molar-refractivity contribution in [3.8, 4) is 0 Å². The van der Waals surface area contributed by atoms with Crippen LogP contribution in [-0.4, -0.2) is 42.9 Å². The average Bonchev–Trinajstić information content (AvgIpc) is 3.00. The van der Waals surface area contributed by atoms with Gasteiger partial charge < -0.3 is 15.5 Å². The summed E-state index contributed by atoms with van der Waals surface area (Å²) in [5, 5.41) is 6.76. The third-order valence-electron chi connectivity index (χ3n) is 4.16. The van der Waals surface area contributed by atoms with E-state index in [0.717, 1.165) is 36.5 Å². The molecule has 2 rings (SSSR count). The molecular formula is C17H25BrN4O. The number of aliphatic imine (C=N–C) groups is 1. The van der Waals surface area contributed by atoms with Crippen molar-refractivity contribution in [1.29, 1.82) is 0 Å². The molecule has 1 saturated heterocycles. The molecule has 1 aliphatic rings. The molecule has 126 valence electrons. The van der Waals surface area contributed by atoms with Crippen molar-refractivity contribution in [3.05, 3.63) is 33.8 Å². The van der Waals surface area contributed by atoms with Gasteiger partial charge in [-0.2, -0.15) is 0 Å². The van der Waals surface area contributed by atoms with Gasteiger partial charge in [0.1, 0.15) is 0 Å². The lowest BCUT2D eigenvalue weighted by Gasteiger charge is -2.19. The molecule has 1 heterocycles. The number of likely N-dealkylation sites (tertiary alicyclic amines) is 1. The minimum Gasteiger partial charge on any atom is -0.352 e. The summed E-state index contributed by atoms with van der Waals surface area (Å²) >= 11 is 3.48. The Morgan fingerprint density at radius 1 is 1.48 bits per heavy atom. The Morgan fingerprint density at radius 3 is 2.91 bits per heavy atom. The molecule has 0 spiro atoms. The number of rotatable bonds is 4. The molecule has 23 heavy (non-hydrogen) atoms. The monoisotopic (exact) mass is 380 g/mol. The van der Waals surface area contributed by atoms with Crippen LogP contribution in [0.5, 0.6) is 0 Å². The zero-order valence-corrected chi connectivity index (χ0v) is 15.6. The third kappa shape index (κ3) is 4.96. The fourth-order valence-corrected chi connectivity index (χ4v) is 3.23. The number of aryl methyl sites for hydroxylation is 1. The second kappa shape index (κ2) is 8.34. The first kappa shape index (κ1) is 17.8. The molecule has 5 nitrogen and oxygen atoms in total. The molecule has 1 aromatic rings. The summed E-state index contributed by atoms with van der Waals surface area (Å²) in [5.74, 6) is 1.01. The summed E-state index contributed by atoms with van der Waals surface area (Å²) in [4.78, 5) is 17.9. The number of guanidine groups is 1. The van der Waals surface area contributed by atoms with Crippen LogP contribution in [0.3, 0.4) is 0 Å². The predicted octanol–water partition coefficient (Wildman–Crippen LogP) is 2.43. The number of amides is 1. The van der Waals surface area contributed by atoms with Crippen LogP contribution in [0, 0.1) is 6.92 Å². The summed E-state index contributed by atoms with van der Waals surface area (Å²) in [6.07, 6.45) is 1.53. The van der Waals surface area contributed by atoms with Crippen LogP contribution in [0.2, 0.25) is 0 Å². The van der Waals surface area contributed by atoms with Crippen LogP contribution in [0.25, 0.3) is 0 Å². The Bertz CT molecular complexity index is 588. The van der Waals surface area contributed by atoms with Crippen LogP contribution in [-0.2, 0) is 11.3 Å². The second-order valence-electron chi connectivity index (χ2n) is 5.82. The van der Waals surface area contributed by atoms with Crippen molar-refractivity contribution in [3.63, 3.8) is 0 Å². The van der Waals surface area contributed by atoms with E-state index < -0.39 is 0 Å². The molecule has 2 N–H and O–H groups in total. The van der Waals surface area contributed by atoms with E-state index in [1.54, 1.807) is 7.05 Å². The molecule has 1 amide bonds. The molecule has 0 aromatic heterocycles. The van der Waals surface area contributed by atoms with Crippen molar-refractivity contribution in [2.45, 2.75) is 39.3 Å². The van der Waals surface area contributed by atoms with E-state index in [9.17, 15) is 4.79 Å². The first-order valence-electron chi connectivity index (χ1n) is 8.03. The van der Waals surface area contributed by atoms with E-state index in [-0.39, 0.29) is 11.9 Å². The topological polar surface area (TPSA) is 56.7 Å². The standard InChI is InChI=1S/C17H25BrN4O/c1-4-16(23)22-8-7-15(11-22)21-17(19-3)20-10-13-5-6-14(18)9-12(13)2/h5-6,9,15H,4,7-8,10-11H2,1-3H3,(H2,19,20,21). The third-order valence-corrected chi connectivity index (χ3v) is 4.65. The molecule has 1 fully saturated rings. The molecule has 6 heteroatoms. The van der Waals surface area contributed by atoms with Gasteiger partial charge in [0.25, 0.3) is 0 Å². The first-order chi connectivity index (χ1) is 11.0. The Labute approximate surface area is 146 Å². The lowest BCUT2D eigenvalue weighted by Crippen LogP contribution is -2.44. The van der Waals surface area contributed by atoms with E-state index in [1.165, 1.54) is 11.1 Å². The highest BCUT2D eigenvalue weighted by atomic mass is 79.9. The fraction of sp³-hybridized carbons (Fsp3) is 0.529. The van der Waals surface area contributed by atoms with E-state index in [0.29, 0.717) is 6.42 Å². The largest absolute Gasteiger partial charge is 0.352 e. The number of nitrogens with one attached hydrogen (secondary N) is 2. The van der Waals surface area contributed by atoms with Crippen molar-refractivity contribution in [2.75, 3.05) is 20.1 Å². The van der Waals surface area contributed by atoms with Gasteiger partial charge in [0.2, 0.25) is 5.91 Å². The van der Waals surface area contributed by atoms with Crippen LogP contribution >= 0.6 is 15.9 Å². The number of hydrogen-bond donors (Lipinski definition) is 2. The highest BCUT2D eigenvalue weighted by molar-refractivity contribution is 9.10. The Balaban J connectivity index is 1.86. The van der Waals surface area contributed by atoms with Gasteiger partial charge in [0, 0.05) is 43.6 Å². The normalized spacial score (nSPS) is 18.2. The summed E-state index contributed by atoms with van der Waals surface area (Å²) in [6.45, 7) is 6.31. The lowest BCUT2D eigenvalue weighted by atomic mass is 10.1. The number of carbonyl (C=O) groups is 1. The van der Waals surface area contributed by atoms with Gasteiger partial charge in [-0.1, -0.05) is 28.9 Å². The smallest absolute Gasteiger partial charge is 0.222 e. The maximum Gasteiger partial charge on any atom is 0.222 e. The summed E-state index contributed by atoms with van der Waals surface area (Å²) in [5.41, 5.74) is 2.48. The number of nitrogens with zero attached hydrogens (tertiary/aromatic N) is 2. The lowest BCUT2D eigenvalue weighted by molar-refractivity contribution is -0.129. The summed E-state index contributed by atoms with van der Waals surface area (Å²) in [7, 11) is 1.77. The van der Waals surface area contributed by atoms with Gasteiger partial charge >= 0.3 is 0 Å². The van der Waals surface area contributed by atoms with Gasteiger partial charge in [-0.3, -0.25) is 9.79 Å². The molecular weight excluding hydrogens is 356 g/mol. The van der Waals surface area contributed by atoms with E-state index in [1.807, 2.05) is 17.9 Å². The minimum atomic E-state index is 0.225. The maximum absolute atomic E-state index is 11.7. The van der Waals surface area contributed by atoms with E-state index in [4.69, 9.17) is 0 Å². The highest BCUT2D eigenvalue weighted by Gasteiger charge is 2.25. The summed E-state index contributed by atoms with van der Waals surface area (Å²) < 4.78 is 1.09. The molecule has 0 saturated carbocycles. The number of halogens is 1. The zero-order chi connectivity index (χ0) is 16.8. The van der Waals surface area contributed by atoms with Gasteiger partial charge in [-0.25, -0.2) is 0 Å². The second-order valence-corrected chi connectivity index (χ2v) is 6.74. The molecule has 1 unspecified atom stereocenters. The van der Waals surface area contributed by atoms with Gasteiger partial charge in [-0.15, -0.1) is 0 Å². The predicted molar refractivity (Wildman–Crippen MR) is 97.5 cm³/mol. The van der Waals surface area contributed by atoms with Gasteiger partial charge in [-0.05, 0) is 36.6 Å². The Morgan fingerprint density at radius 2 is 2.26 bits per heavy atom. The maximum atomic E-state index is 11.7. The highest BCUT2D eigenvalue weighted by Crippen LogP contribution is 2.15. The fourth-order valence-electron chi connectivity index (χ4n) is 2.75. The molecule has 1 aliphatic heterocycles. The van der Waals surface area contributed by atoms with Crippen LogP contribution in [0.1, 0.15) is 30.9 Å². The first-order valence-corrected chi connectivity index (χ1v) is 8.82. The van der Waals surface area contributed by atoms with Crippen molar-refractivity contribution < 1.29 is 4.79 Å². The van der Waals surface area contributed by atoms with Crippen molar-refractivity contribution in [2.24, 2.45) is 4.99 Å². The van der Waals surface area contributed by atoms with E-state index in [2.05, 4.69) is 50.6 Å². The molecule has 0 radical (unpaired) electrons. The van der Waals surface area contributed by atoms with E-state index >= 15 is 0 Å². The molecule has 1 atom stereocenters. The SMILES string of the molecule is CCC(=O)N1CCC(NC(=NC)NCc2ccc(Br)cc2C)C1. The summed E-state index contributed by atoms with van der Waals surface area (Å²) in [6, 6.07) is 6.53. The van der Waals surface area contributed by atoms with Crippen LogP contribution in [0.4, 0.5) is 0 Å².